The summed E-state index contributed by atoms with van der Waals surface area (Å²) in [6, 6.07) is 0. The molecule has 0 amide bonds. The third-order valence-electron chi connectivity index (χ3n) is 2.51. The summed E-state index contributed by atoms with van der Waals surface area (Å²) in [6.45, 7) is 4.13. The molecule has 1 rings (SSSR count). The number of hydrogen-bond acceptors (Lipinski definition) is 3. The Morgan fingerprint density at radius 1 is 1.67 bits per heavy atom. The molecule has 0 unspecified atom stereocenters. The zero-order valence-corrected chi connectivity index (χ0v) is 7.82. The molecule has 12 heavy (non-hydrogen) atoms. The smallest absolute Gasteiger partial charge is 0.151 e. The van der Waals surface area contributed by atoms with Crippen molar-refractivity contribution in [3.8, 4) is 0 Å². The molecule has 0 radical (unpaired) electrons. The number of ether oxygens (including phenoxy) is 2. The molecule has 0 aromatic rings. The molecule has 1 fully saturated rings. The Hall–Kier alpha value is -0.410. The van der Waals surface area contributed by atoms with Gasteiger partial charge in [0.25, 0.3) is 0 Å². The van der Waals surface area contributed by atoms with E-state index in [1.807, 2.05) is 0 Å². The topological polar surface area (TPSA) is 38.8 Å². The van der Waals surface area contributed by atoms with Gasteiger partial charge in [-0.2, -0.15) is 0 Å². The summed E-state index contributed by atoms with van der Waals surface area (Å²) in [6.07, 6.45) is 1.95. The Morgan fingerprint density at radius 3 is 2.67 bits per heavy atom. The molecular weight excluding hydrogens is 156 g/mol. The van der Waals surface area contributed by atoms with Crippen molar-refractivity contribution in [3.63, 3.8) is 0 Å². The third kappa shape index (κ3) is 1.84. The van der Waals surface area contributed by atoms with Crippen LogP contribution in [0.15, 0.2) is 0 Å². The predicted molar refractivity (Wildman–Crippen MR) is 45.0 cm³/mol. The van der Waals surface area contributed by atoms with E-state index in [2.05, 4.69) is 13.8 Å². The van der Waals surface area contributed by atoms with E-state index in [0.717, 1.165) is 12.7 Å². The first-order valence-electron chi connectivity index (χ1n) is 4.38. The van der Waals surface area contributed by atoms with E-state index >= 15 is 0 Å². The van der Waals surface area contributed by atoms with Gasteiger partial charge in [0, 0.05) is 13.0 Å². The summed E-state index contributed by atoms with van der Waals surface area (Å²) >= 11 is 0. The van der Waals surface area contributed by atoms with E-state index in [0.29, 0.717) is 5.92 Å². The van der Waals surface area contributed by atoms with E-state index in [1.165, 1.54) is 0 Å². The SMILES string of the molecule is CC[C@H](OC)[C@@H](C)[C@@H]1O[C@H]1C=O. The molecule has 0 aromatic carbocycles. The fraction of sp³-hybridized carbons (Fsp3) is 0.889. The maximum absolute atomic E-state index is 10.3. The van der Waals surface area contributed by atoms with Gasteiger partial charge in [-0.3, -0.25) is 0 Å². The van der Waals surface area contributed by atoms with Gasteiger partial charge < -0.3 is 14.3 Å². The molecule has 70 valence electrons. The monoisotopic (exact) mass is 172 g/mol. The van der Waals surface area contributed by atoms with Crippen LogP contribution in [0.5, 0.6) is 0 Å². The summed E-state index contributed by atoms with van der Waals surface area (Å²) in [4.78, 5) is 10.3. The van der Waals surface area contributed by atoms with Crippen molar-refractivity contribution in [3.05, 3.63) is 0 Å². The number of carbonyl (C=O) groups excluding carboxylic acids is 1. The lowest BCUT2D eigenvalue weighted by Gasteiger charge is -2.18. The fourth-order valence-electron chi connectivity index (χ4n) is 1.63. The minimum Gasteiger partial charge on any atom is -0.381 e. The second kappa shape index (κ2) is 4.01. The molecular formula is C9H16O3. The van der Waals surface area contributed by atoms with Crippen molar-refractivity contribution >= 4 is 6.29 Å². The predicted octanol–water partition coefficient (Wildman–Crippen LogP) is 1.01. The first kappa shape index (κ1) is 9.68. The van der Waals surface area contributed by atoms with Gasteiger partial charge in [0.15, 0.2) is 6.29 Å². The number of aldehydes is 1. The summed E-state index contributed by atoms with van der Waals surface area (Å²) in [5.74, 6) is 0.315. The number of carbonyl (C=O) groups is 1. The third-order valence-corrected chi connectivity index (χ3v) is 2.51. The summed E-state index contributed by atoms with van der Waals surface area (Å²) in [7, 11) is 1.70. The summed E-state index contributed by atoms with van der Waals surface area (Å²) < 4.78 is 10.4. The lowest BCUT2D eigenvalue weighted by atomic mass is 9.97. The zero-order valence-electron chi connectivity index (χ0n) is 7.82. The van der Waals surface area contributed by atoms with Crippen molar-refractivity contribution < 1.29 is 14.3 Å². The lowest BCUT2D eigenvalue weighted by Crippen LogP contribution is -2.25. The van der Waals surface area contributed by atoms with Crippen LogP contribution in [0.25, 0.3) is 0 Å². The average molecular weight is 172 g/mol. The van der Waals surface area contributed by atoms with Crippen LogP contribution in [0.2, 0.25) is 0 Å². The molecule has 3 nitrogen and oxygen atoms in total. The Bertz CT molecular complexity index is 154. The summed E-state index contributed by atoms with van der Waals surface area (Å²) in [5.41, 5.74) is 0. The molecule has 0 N–H and O–H groups in total. The number of hydrogen-bond donors (Lipinski definition) is 0. The van der Waals surface area contributed by atoms with E-state index in [9.17, 15) is 4.79 Å². The Kier molecular flexibility index (Phi) is 3.23. The van der Waals surface area contributed by atoms with Crippen molar-refractivity contribution in [2.45, 2.75) is 38.6 Å². The van der Waals surface area contributed by atoms with Crippen LogP contribution in [-0.4, -0.2) is 31.7 Å². The van der Waals surface area contributed by atoms with Gasteiger partial charge in [0.1, 0.15) is 6.10 Å². The zero-order chi connectivity index (χ0) is 9.14. The molecule has 0 spiro atoms. The number of epoxide rings is 1. The highest BCUT2D eigenvalue weighted by Gasteiger charge is 2.45. The first-order chi connectivity index (χ1) is 5.74. The molecule has 1 heterocycles. The van der Waals surface area contributed by atoms with Crippen LogP contribution in [0.3, 0.4) is 0 Å². The highest BCUT2D eigenvalue weighted by molar-refractivity contribution is 5.60. The van der Waals surface area contributed by atoms with Crippen molar-refractivity contribution in [1.29, 1.82) is 0 Å². The summed E-state index contributed by atoms with van der Waals surface area (Å²) in [5, 5.41) is 0. The minimum atomic E-state index is -0.177. The van der Waals surface area contributed by atoms with Gasteiger partial charge in [0.2, 0.25) is 0 Å². The quantitative estimate of drug-likeness (QED) is 0.459. The van der Waals surface area contributed by atoms with Crippen LogP contribution < -0.4 is 0 Å². The minimum absolute atomic E-state index is 0.0902. The highest BCUT2D eigenvalue weighted by Crippen LogP contribution is 2.31. The van der Waals surface area contributed by atoms with Crippen LogP contribution in [0, 0.1) is 5.92 Å². The Labute approximate surface area is 73.0 Å². The molecule has 4 atom stereocenters. The van der Waals surface area contributed by atoms with Crippen molar-refractivity contribution in [2.24, 2.45) is 5.92 Å². The van der Waals surface area contributed by atoms with Crippen LogP contribution in [-0.2, 0) is 14.3 Å². The molecule has 0 saturated carbocycles. The second-order valence-electron chi connectivity index (χ2n) is 3.24. The van der Waals surface area contributed by atoms with Gasteiger partial charge in [-0.15, -0.1) is 0 Å². The number of methoxy groups -OCH3 is 1. The average Bonchev–Trinajstić information content (AvgIpc) is 2.85. The van der Waals surface area contributed by atoms with Crippen LogP contribution >= 0.6 is 0 Å². The Morgan fingerprint density at radius 2 is 2.33 bits per heavy atom. The van der Waals surface area contributed by atoms with Crippen LogP contribution in [0.4, 0.5) is 0 Å². The second-order valence-corrected chi connectivity index (χ2v) is 3.24. The van der Waals surface area contributed by atoms with E-state index in [4.69, 9.17) is 9.47 Å². The standard InChI is InChI=1S/C9H16O3/c1-4-7(11-3)6(2)9-8(5-10)12-9/h5-9H,4H2,1-3H3/t6-,7+,8+,9+/m1/s1. The maximum atomic E-state index is 10.3. The normalized spacial score (nSPS) is 32.6. The maximum Gasteiger partial charge on any atom is 0.151 e. The van der Waals surface area contributed by atoms with Crippen LogP contribution in [0.1, 0.15) is 20.3 Å². The van der Waals surface area contributed by atoms with E-state index in [1.54, 1.807) is 7.11 Å². The first-order valence-corrected chi connectivity index (χ1v) is 4.38. The number of rotatable bonds is 5. The lowest BCUT2D eigenvalue weighted by molar-refractivity contribution is -0.108. The van der Waals surface area contributed by atoms with E-state index < -0.39 is 0 Å². The van der Waals surface area contributed by atoms with Crippen molar-refractivity contribution in [2.75, 3.05) is 7.11 Å². The van der Waals surface area contributed by atoms with Gasteiger partial charge in [-0.25, -0.2) is 0 Å². The molecule has 0 aromatic heterocycles. The van der Waals surface area contributed by atoms with E-state index in [-0.39, 0.29) is 18.3 Å². The van der Waals surface area contributed by atoms with Gasteiger partial charge >= 0.3 is 0 Å². The highest BCUT2D eigenvalue weighted by atomic mass is 16.6. The molecule has 1 saturated heterocycles. The largest absolute Gasteiger partial charge is 0.381 e. The molecule has 0 aliphatic carbocycles. The molecule has 0 bridgehead atoms. The van der Waals surface area contributed by atoms with Gasteiger partial charge in [0.05, 0.1) is 12.2 Å². The van der Waals surface area contributed by atoms with Gasteiger partial charge in [-0.05, 0) is 6.42 Å². The Balaban J connectivity index is 2.36. The van der Waals surface area contributed by atoms with Gasteiger partial charge in [-0.1, -0.05) is 13.8 Å². The molecule has 1 aliphatic heterocycles. The molecule has 3 heteroatoms. The van der Waals surface area contributed by atoms with Crippen molar-refractivity contribution in [1.82, 2.24) is 0 Å². The fourth-order valence-corrected chi connectivity index (χ4v) is 1.63. The molecule has 1 aliphatic rings.